The van der Waals surface area contributed by atoms with E-state index in [1.165, 1.54) is 19.3 Å². The summed E-state index contributed by atoms with van der Waals surface area (Å²) in [5.41, 5.74) is 1.80. The van der Waals surface area contributed by atoms with Crippen molar-refractivity contribution in [2.24, 2.45) is 5.92 Å². The van der Waals surface area contributed by atoms with Gasteiger partial charge in [0.15, 0.2) is 5.78 Å². The second kappa shape index (κ2) is 5.23. The molecule has 3 heteroatoms. The molecule has 0 radical (unpaired) electrons. The quantitative estimate of drug-likeness (QED) is 0.858. The van der Waals surface area contributed by atoms with E-state index in [4.69, 9.17) is 0 Å². The summed E-state index contributed by atoms with van der Waals surface area (Å²) in [7, 11) is 0. The maximum absolute atomic E-state index is 12.8. The molecule has 4 rings (SSSR count). The Kier molecular flexibility index (Phi) is 3.23. The number of benzene rings is 1. The lowest BCUT2D eigenvalue weighted by Gasteiger charge is -2.39. The molecule has 0 amide bonds. The standard InChI is InChI=1S/C18H20N2O/c21-18(14-10-15-4-1-5-16(11-14)20-15)13-6-7-17-12(9-13)3-2-8-19-17/h2-3,6-9,14-16,20H,1,4-5,10-11H2. The summed E-state index contributed by atoms with van der Waals surface area (Å²) in [5.74, 6) is 0.509. The Bertz CT molecular complexity index is 670. The van der Waals surface area contributed by atoms with Crippen LogP contribution in [0.4, 0.5) is 0 Å². The highest BCUT2D eigenvalue weighted by molar-refractivity contribution is 6.00. The molecule has 3 heterocycles. The number of hydrogen-bond donors (Lipinski definition) is 1. The third-order valence-corrected chi connectivity index (χ3v) is 4.97. The Balaban J connectivity index is 1.60. The predicted octanol–water partition coefficient (Wildman–Crippen LogP) is 3.34. The molecule has 1 aromatic heterocycles. The molecule has 2 saturated heterocycles. The van der Waals surface area contributed by atoms with Gasteiger partial charge in [-0.05, 0) is 49.9 Å². The van der Waals surface area contributed by atoms with Gasteiger partial charge in [0, 0.05) is 35.1 Å². The number of fused-ring (bicyclic) bond motifs is 3. The third-order valence-electron chi connectivity index (χ3n) is 4.97. The fraction of sp³-hybridized carbons (Fsp3) is 0.444. The van der Waals surface area contributed by atoms with Crippen molar-refractivity contribution in [3.63, 3.8) is 0 Å². The molecular weight excluding hydrogens is 260 g/mol. The smallest absolute Gasteiger partial charge is 0.166 e. The maximum Gasteiger partial charge on any atom is 0.166 e. The Hall–Kier alpha value is -1.74. The fourth-order valence-corrected chi connectivity index (χ4v) is 3.94. The number of pyridine rings is 1. The van der Waals surface area contributed by atoms with E-state index < -0.39 is 0 Å². The van der Waals surface area contributed by atoms with Crippen molar-refractivity contribution in [3.05, 3.63) is 42.1 Å². The minimum absolute atomic E-state index is 0.190. The Morgan fingerprint density at radius 2 is 1.95 bits per heavy atom. The number of aromatic nitrogens is 1. The number of ketones is 1. The van der Waals surface area contributed by atoms with Crippen molar-refractivity contribution >= 4 is 16.7 Å². The third kappa shape index (κ3) is 2.46. The van der Waals surface area contributed by atoms with Crippen molar-refractivity contribution in [2.45, 2.75) is 44.2 Å². The van der Waals surface area contributed by atoms with Crippen LogP contribution >= 0.6 is 0 Å². The molecule has 0 spiro atoms. The number of carbonyl (C=O) groups excluding carboxylic acids is 1. The van der Waals surface area contributed by atoms with E-state index in [1.807, 2.05) is 30.3 Å². The van der Waals surface area contributed by atoms with Gasteiger partial charge in [0.1, 0.15) is 0 Å². The molecule has 2 atom stereocenters. The van der Waals surface area contributed by atoms with Crippen LogP contribution in [0, 0.1) is 5.92 Å². The van der Waals surface area contributed by atoms with E-state index in [0.29, 0.717) is 17.9 Å². The Morgan fingerprint density at radius 3 is 2.76 bits per heavy atom. The van der Waals surface area contributed by atoms with Crippen LogP contribution in [-0.4, -0.2) is 22.9 Å². The summed E-state index contributed by atoms with van der Waals surface area (Å²) in [4.78, 5) is 17.1. The summed E-state index contributed by atoms with van der Waals surface area (Å²) >= 11 is 0. The van der Waals surface area contributed by atoms with Crippen molar-refractivity contribution in [2.75, 3.05) is 0 Å². The predicted molar refractivity (Wildman–Crippen MR) is 83.4 cm³/mol. The van der Waals surface area contributed by atoms with Crippen LogP contribution in [0.2, 0.25) is 0 Å². The topological polar surface area (TPSA) is 42.0 Å². The SMILES string of the molecule is O=C(c1ccc2ncccc2c1)C1CC2CCCC(C1)N2. The normalized spacial score (nSPS) is 28.5. The average Bonchev–Trinajstić information content (AvgIpc) is 2.53. The van der Waals surface area contributed by atoms with Gasteiger partial charge in [0.05, 0.1) is 5.52 Å². The van der Waals surface area contributed by atoms with Gasteiger partial charge in [-0.15, -0.1) is 0 Å². The molecule has 3 nitrogen and oxygen atoms in total. The van der Waals surface area contributed by atoms with E-state index in [2.05, 4.69) is 10.3 Å². The molecule has 1 aromatic carbocycles. The van der Waals surface area contributed by atoms with Gasteiger partial charge in [-0.25, -0.2) is 0 Å². The number of rotatable bonds is 2. The number of nitrogens with zero attached hydrogens (tertiary/aromatic N) is 1. The minimum Gasteiger partial charge on any atom is -0.311 e. The van der Waals surface area contributed by atoms with Crippen LogP contribution in [-0.2, 0) is 0 Å². The number of nitrogens with one attached hydrogen (secondary N) is 1. The van der Waals surface area contributed by atoms with Gasteiger partial charge in [-0.1, -0.05) is 12.5 Å². The average molecular weight is 280 g/mol. The van der Waals surface area contributed by atoms with Gasteiger partial charge in [-0.3, -0.25) is 9.78 Å². The van der Waals surface area contributed by atoms with Crippen molar-refractivity contribution < 1.29 is 4.79 Å². The lowest BCUT2D eigenvalue weighted by molar-refractivity contribution is 0.0825. The first-order valence-corrected chi connectivity index (χ1v) is 7.94. The highest BCUT2D eigenvalue weighted by atomic mass is 16.1. The number of carbonyl (C=O) groups is 1. The molecule has 2 aliphatic heterocycles. The summed E-state index contributed by atoms with van der Waals surface area (Å²) < 4.78 is 0. The van der Waals surface area contributed by atoms with E-state index in [0.717, 1.165) is 29.3 Å². The summed E-state index contributed by atoms with van der Waals surface area (Å²) in [5, 5.41) is 4.71. The van der Waals surface area contributed by atoms with Gasteiger partial charge in [0.2, 0.25) is 0 Å². The van der Waals surface area contributed by atoms with E-state index in [-0.39, 0.29) is 5.92 Å². The van der Waals surface area contributed by atoms with Crippen LogP contribution in [0.25, 0.3) is 10.9 Å². The van der Waals surface area contributed by atoms with Crippen molar-refractivity contribution in [1.82, 2.24) is 10.3 Å². The molecule has 0 saturated carbocycles. The summed E-state index contributed by atoms with van der Waals surface area (Å²) in [6, 6.07) is 11.0. The lowest BCUT2D eigenvalue weighted by Crippen LogP contribution is -2.50. The van der Waals surface area contributed by atoms with E-state index >= 15 is 0 Å². The highest BCUT2D eigenvalue weighted by Crippen LogP contribution is 2.32. The number of hydrogen-bond acceptors (Lipinski definition) is 3. The van der Waals surface area contributed by atoms with Crippen LogP contribution in [0.1, 0.15) is 42.5 Å². The van der Waals surface area contributed by atoms with Crippen LogP contribution in [0.5, 0.6) is 0 Å². The van der Waals surface area contributed by atoms with Crippen molar-refractivity contribution in [1.29, 1.82) is 0 Å². The molecule has 2 bridgehead atoms. The maximum atomic E-state index is 12.8. The summed E-state index contributed by atoms with van der Waals surface area (Å²) in [6.07, 6.45) is 7.55. The molecule has 1 N–H and O–H groups in total. The first kappa shape index (κ1) is 13.0. The van der Waals surface area contributed by atoms with Crippen LogP contribution in [0.3, 0.4) is 0 Å². The monoisotopic (exact) mass is 280 g/mol. The lowest BCUT2D eigenvalue weighted by atomic mass is 9.77. The van der Waals surface area contributed by atoms with Gasteiger partial charge < -0.3 is 5.32 Å². The Labute approximate surface area is 124 Å². The second-order valence-electron chi connectivity index (χ2n) is 6.43. The molecule has 108 valence electrons. The van der Waals surface area contributed by atoms with Gasteiger partial charge >= 0.3 is 0 Å². The van der Waals surface area contributed by atoms with Gasteiger partial charge in [0.25, 0.3) is 0 Å². The van der Waals surface area contributed by atoms with E-state index in [9.17, 15) is 4.79 Å². The zero-order valence-corrected chi connectivity index (χ0v) is 12.1. The highest BCUT2D eigenvalue weighted by Gasteiger charge is 2.34. The molecule has 2 aromatic rings. The molecule has 0 aliphatic carbocycles. The largest absolute Gasteiger partial charge is 0.311 e. The number of piperidine rings is 2. The van der Waals surface area contributed by atoms with Crippen LogP contribution in [0.15, 0.2) is 36.5 Å². The molecule has 2 unspecified atom stereocenters. The molecule has 21 heavy (non-hydrogen) atoms. The molecule has 2 aliphatic rings. The summed E-state index contributed by atoms with van der Waals surface area (Å²) in [6.45, 7) is 0. The second-order valence-corrected chi connectivity index (χ2v) is 6.43. The van der Waals surface area contributed by atoms with Crippen molar-refractivity contribution in [3.8, 4) is 0 Å². The van der Waals surface area contributed by atoms with Gasteiger partial charge in [-0.2, -0.15) is 0 Å². The van der Waals surface area contributed by atoms with Crippen LogP contribution < -0.4 is 5.32 Å². The zero-order chi connectivity index (χ0) is 14.2. The first-order chi connectivity index (χ1) is 10.3. The molecule has 2 fully saturated rings. The van der Waals surface area contributed by atoms with E-state index in [1.54, 1.807) is 6.20 Å². The Morgan fingerprint density at radius 1 is 1.14 bits per heavy atom. The zero-order valence-electron chi connectivity index (χ0n) is 12.1. The fourth-order valence-electron chi connectivity index (χ4n) is 3.94. The minimum atomic E-state index is 0.190. The molecular formula is C18H20N2O. The number of Topliss-reactive ketones (excluding diaryl/α,β-unsaturated/α-hetero) is 1. The first-order valence-electron chi connectivity index (χ1n) is 7.94.